The van der Waals surface area contributed by atoms with Gasteiger partial charge in [-0.1, -0.05) is 15.9 Å². The van der Waals surface area contributed by atoms with Crippen molar-refractivity contribution in [2.45, 2.75) is 6.42 Å². The maximum atomic E-state index is 12.1. The Kier molecular flexibility index (Phi) is 5.65. The van der Waals surface area contributed by atoms with Crippen LogP contribution in [0.15, 0.2) is 28.9 Å². The zero-order valence-corrected chi connectivity index (χ0v) is 14.9. The fraction of sp³-hybridized carbons (Fsp3) is 0.412. The molecule has 0 aromatic heterocycles. The van der Waals surface area contributed by atoms with E-state index in [0.29, 0.717) is 16.7 Å². The molecule has 1 saturated heterocycles. The summed E-state index contributed by atoms with van der Waals surface area (Å²) in [4.78, 5) is 26.4. The van der Waals surface area contributed by atoms with Crippen LogP contribution < -0.4 is 10.6 Å². The molecule has 6 nitrogen and oxygen atoms in total. The Balaban J connectivity index is 1.60. The van der Waals surface area contributed by atoms with Crippen LogP contribution in [0, 0.1) is 0 Å². The van der Waals surface area contributed by atoms with E-state index in [1.807, 2.05) is 0 Å². The summed E-state index contributed by atoms with van der Waals surface area (Å²) in [6, 6.07) is 5.31. The van der Waals surface area contributed by atoms with Gasteiger partial charge in [-0.05, 0) is 31.2 Å². The Hall–Kier alpha value is -1.70. The lowest BCUT2D eigenvalue weighted by Crippen LogP contribution is -2.38. The minimum Gasteiger partial charge on any atom is -0.390 e. The van der Waals surface area contributed by atoms with Gasteiger partial charge in [-0.2, -0.15) is 0 Å². The lowest BCUT2D eigenvalue weighted by Gasteiger charge is -2.26. The van der Waals surface area contributed by atoms with Crippen LogP contribution in [0.3, 0.4) is 0 Å². The number of rotatable bonds is 5. The third-order valence-electron chi connectivity index (χ3n) is 4.13. The predicted molar refractivity (Wildman–Crippen MR) is 94.5 cm³/mol. The van der Waals surface area contributed by atoms with Gasteiger partial charge in [-0.25, -0.2) is 0 Å². The lowest BCUT2D eigenvalue weighted by molar-refractivity contribution is -0.114. The first-order valence-corrected chi connectivity index (χ1v) is 8.84. The SMILES string of the molecule is O=C1NC(=O)c2ccc(Br)cc2C1=CNCCCN1CCOCC1. The normalized spacial score (nSPS) is 20.0. The fourth-order valence-corrected chi connectivity index (χ4v) is 3.21. The van der Waals surface area contributed by atoms with E-state index in [-0.39, 0.29) is 11.8 Å². The quantitative estimate of drug-likeness (QED) is 0.449. The van der Waals surface area contributed by atoms with Crippen molar-refractivity contribution in [1.82, 2.24) is 15.5 Å². The van der Waals surface area contributed by atoms with Gasteiger partial charge in [0.25, 0.3) is 11.8 Å². The highest BCUT2D eigenvalue weighted by atomic mass is 79.9. The number of amides is 2. The van der Waals surface area contributed by atoms with Gasteiger partial charge in [0.2, 0.25) is 0 Å². The molecule has 128 valence electrons. The molecule has 1 aromatic carbocycles. The van der Waals surface area contributed by atoms with Crippen LogP contribution >= 0.6 is 15.9 Å². The number of halogens is 1. The Bertz CT molecular complexity index is 669. The molecule has 1 aromatic rings. The first kappa shape index (κ1) is 17.1. The molecule has 1 fully saturated rings. The standard InChI is InChI=1S/C17H20BrN3O3/c18-12-2-3-13-14(10-12)15(17(23)20-16(13)22)11-19-4-1-5-21-6-8-24-9-7-21/h2-3,10-11,19H,1,4-9H2,(H,20,22,23). The summed E-state index contributed by atoms with van der Waals surface area (Å²) >= 11 is 3.39. The number of imide groups is 1. The molecule has 0 bridgehead atoms. The number of hydrogen-bond acceptors (Lipinski definition) is 5. The third kappa shape index (κ3) is 4.03. The van der Waals surface area contributed by atoms with Crippen molar-refractivity contribution in [3.8, 4) is 0 Å². The Morgan fingerprint density at radius 2 is 2.00 bits per heavy atom. The lowest BCUT2D eigenvalue weighted by atomic mass is 9.96. The first-order chi connectivity index (χ1) is 11.6. The maximum absolute atomic E-state index is 12.1. The van der Waals surface area contributed by atoms with Crippen LogP contribution in [0.4, 0.5) is 0 Å². The summed E-state index contributed by atoms with van der Waals surface area (Å²) < 4.78 is 6.16. The smallest absolute Gasteiger partial charge is 0.260 e. The fourth-order valence-electron chi connectivity index (χ4n) is 2.84. The molecule has 24 heavy (non-hydrogen) atoms. The van der Waals surface area contributed by atoms with E-state index in [1.165, 1.54) is 0 Å². The Labute approximate surface area is 149 Å². The molecule has 0 spiro atoms. The van der Waals surface area contributed by atoms with E-state index in [2.05, 4.69) is 31.5 Å². The van der Waals surface area contributed by atoms with E-state index in [9.17, 15) is 9.59 Å². The minimum absolute atomic E-state index is 0.355. The van der Waals surface area contributed by atoms with Crippen molar-refractivity contribution < 1.29 is 14.3 Å². The summed E-state index contributed by atoms with van der Waals surface area (Å²) in [5.41, 5.74) is 1.65. The third-order valence-corrected chi connectivity index (χ3v) is 4.63. The number of ether oxygens (including phenoxy) is 1. The molecule has 0 radical (unpaired) electrons. The van der Waals surface area contributed by atoms with Gasteiger partial charge >= 0.3 is 0 Å². The second-order valence-corrected chi connectivity index (χ2v) is 6.71. The molecule has 2 N–H and O–H groups in total. The van der Waals surface area contributed by atoms with Crippen LogP contribution in [0.5, 0.6) is 0 Å². The number of carbonyl (C=O) groups excluding carboxylic acids is 2. The summed E-state index contributed by atoms with van der Waals surface area (Å²) in [6.45, 7) is 5.34. The van der Waals surface area contributed by atoms with Crippen LogP contribution in [0.1, 0.15) is 22.3 Å². The van der Waals surface area contributed by atoms with E-state index < -0.39 is 0 Å². The number of hydrogen-bond donors (Lipinski definition) is 2. The predicted octanol–water partition coefficient (Wildman–Crippen LogP) is 1.37. The molecular weight excluding hydrogens is 374 g/mol. The first-order valence-electron chi connectivity index (χ1n) is 8.04. The summed E-state index contributed by atoms with van der Waals surface area (Å²) in [5, 5.41) is 5.57. The van der Waals surface area contributed by atoms with Crippen LogP contribution in [0.25, 0.3) is 5.57 Å². The molecule has 0 aliphatic carbocycles. The molecule has 2 aliphatic rings. The van der Waals surface area contributed by atoms with Crippen molar-refractivity contribution in [2.24, 2.45) is 0 Å². The topological polar surface area (TPSA) is 70.7 Å². The zero-order valence-electron chi connectivity index (χ0n) is 13.3. The average molecular weight is 394 g/mol. The molecule has 0 atom stereocenters. The van der Waals surface area contributed by atoms with Crippen molar-refractivity contribution in [2.75, 3.05) is 39.4 Å². The Morgan fingerprint density at radius 1 is 1.21 bits per heavy atom. The molecule has 7 heteroatoms. The number of nitrogens with one attached hydrogen (secondary N) is 2. The van der Waals surface area contributed by atoms with Crippen molar-refractivity contribution >= 4 is 33.3 Å². The van der Waals surface area contributed by atoms with Gasteiger partial charge in [0.15, 0.2) is 0 Å². The summed E-state index contributed by atoms with van der Waals surface area (Å²) in [7, 11) is 0. The van der Waals surface area contributed by atoms with Gasteiger partial charge in [-0.3, -0.25) is 19.8 Å². The summed E-state index contributed by atoms with van der Waals surface area (Å²) in [5.74, 6) is -0.724. The number of nitrogens with zero attached hydrogens (tertiary/aromatic N) is 1. The van der Waals surface area contributed by atoms with Gasteiger partial charge in [0.1, 0.15) is 0 Å². The van der Waals surface area contributed by atoms with Crippen LogP contribution in [0.2, 0.25) is 0 Å². The highest BCUT2D eigenvalue weighted by molar-refractivity contribution is 9.10. The van der Waals surface area contributed by atoms with E-state index in [1.54, 1.807) is 24.4 Å². The molecular formula is C17H20BrN3O3. The monoisotopic (exact) mass is 393 g/mol. The van der Waals surface area contributed by atoms with Gasteiger partial charge < -0.3 is 10.1 Å². The zero-order chi connectivity index (χ0) is 16.9. The second-order valence-electron chi connectivity index (χ2n) is 5.79. The maximum Gasteiger partial charge on any atom is 0.260 e. The highest BCUT2D eigenvalue weighted by Gasteiger charge is 2.27. The number of morpholine rings is 1. The molecule has 2 amide bonds. The largest absolute Gasteiger partial charge is 0.390 e. The number of carbonyl (C=O) groups is 2. The van der Waals surface area contributed by atoms with E-state index >= 15 is 0 Å². The summed E-state index contributed by atoms with van der Waals surface area (Å²) in [6.07, 6.45) is 2.68. The second kappa shape index (κ2) is 7.92. The van der Waals surface area contributed by atoms with E-state index in [0.717, 1.165) is 50.3 Å². The highest BCUT2D eigenvalue weighted by Crippen LogP contribution is 2.26. The number of benzene rings is 1. The van der Waals surface area contributed by atoms with Crippen molar-refractivity contribution in [1.29, 1.82) is 0 Å². The Morgan fingerprint density at radius 3 is 2.79 bits per heavy atom. The average Bonchev–Trinajstić information content (AvgIpc) is 2.58. The van der Waals surface area contributed by atoms with E-state index in [4.69, 9.17) is 4.74 Å². The van der Waals surface area contributed by atoms with Crippen molar-refractivity contribution in [3.05, 3.63) is 40.0 Å². The molecule has 0 unspecified atom stereocenters. The van der Waals surface area contributed by atoms with Gasteiger partial charge in [0, 0.05) is 41.4 Å². The molecule has 0 saturated carbocycles. The number of fused-ring (bicyclic) bond motifs is 1. The minimum atomic E-state index is -0.369. The molecule has 2 aliphatic heterocycles. The molecule has 2 heterocycles. The van der Waals surface area contributed by atoms with Crippen LogP contribution in [-0.4, -0.2) is 56.1 Å². The van der Waals surface area contributed by atoms with Crippen molar-refractivity contribution in [3.63, 3.8) is 0 Å². The van der Waals surface area contributed by atoms with Gasteiger partial charge in [-0.15, -0.1) is 0 Å². The van der Waals surface area contributed by atoms with Gasteiger partial charge in [0.05, 0.1) is 18.8 Å². The molecule has 3 rings (SSSR count). The van der Waals surface area contributed by atoms with Crippen LogP contribution in [-0.2, 0) is 9.53 Å².